The molecule has 6 heteroatoms. The number of carbonyl (C=O) groups is 1. The molecule has 2 aliphatic rings. The van der Waals surface area contributed by atoms with Gasteiger partial charge in [0.1, 0.15) is 5.69 Å². The lowest BCUT2D eigenvalue weighted by Gasteiger charge is -2.30. The summed E-state index contributed by atoms with van der Waals surface area (Å²) in [6.07, 6.45) is 3.63. The van der Waals surface area contributed by atoms with Crippen LogP contribution in [0, 0.1) is 6.92 Å². The van der Waals surface area contributed by atoms with Crippen LogP contribution in [0.25, 0.3) is 10.9 Å². The van der Waals surface area contributed by atoms with Gasteiger partial charge in [-0.25, -0.2) is 4.98 Å². The normalized spacial score (nSPS) is 15.4. The number of benzene rings is 2. The van der Waals surface area contributed by atoms with Crippen LogP contribution in [0.1, 0.15) is 40.9 Å². The fourth-order valence-corrected chi connectivity index (χ4v) is 4.16. The molecule has 0 bridgehead atoms. The number of fused-ring (bicyclic) bond motifs is 2. The van der Waals surface area contributed by atoms with Gasteiger partial charge in [-0.05, 0) is 62.1 Å². The number of aryl methyl sites for hydroxylation is 1. The highest BCUT2D eigenvalue weighted by Crippen LogP contribution is 2.33. The molecule has 6 nitrogen and oxygen atoms in total. The van der Waals surface area contributed by atoms with Crippen molar-refractivity contribution in [2.75, 3.05) is 24.8 Å². The minimum Gasteiger partial charge on any atom is -0.454 e. The zero-order valence-corrected chi connectivity index (χ0v) is 17.1. The maximum atomic E-state index is 12.9. The first-order valence-electron chi connectivity index (χ1n) is 10.5. The fourth-order valence-electron chi connectivity index (χ4n) is 4.16. The highest BCUT2D eigenvalue weighted by molar-refractivity contribution is 6.00. The molecule has 0 atom stereocenters. The Balaban J connectivity index is 1.41. The summed E-state index contributed by atoms with van der Waals surface area (Å²) in [5, 5.41) is 4.11. The van der Waals surface area contributed by atoms with E-state index in [1.54, 1.807) is 0 Å². The Labute approximate surface area is 175 Å². The van der Waals surface area contributed by atoms with E-state index in [0.29, 0.717) is 18.0 Å². The fraction of sp³-hybridized carbons (Fsp3) is 0.333. The molecule has 0 radical (unpaired) electrons. The molecule has 5 rings (SSSR count). The molecular formula is C24H25N3O3. The summed E-state index contributed by atoms with van der Waals surface area (Å²) in [4.78, 5) is 20.0. The zero-order valence-electron chi connectivity index (χ0n) is 17.1. The monoisotopic (exact) mass is 403 g/mol. The van der Waals surface area contributed by atoms with Gasteiger partial charge in [-0.1, -0.05) is 17.7 Å². The summed E-state index contributed by atoms with van der Waals surface area (Å²) >= 11 is 0. The number of nitrogens with one attached hydrogen (secondary N) is 1. The Bertz CT molecular complexity index is 1110. The average Bonchev–Trinajstić information content (AvgIpc) is 3.25. The maximum absolute atomic E-state index is 12.9. The zero-order chi connectivity index (χ0) is 20.5. The number of ether oxygens (including phenoxy) is 2. The van der Waals surface area contributed by atoms with Crippen LogP contribution in [0.5, 0.6) is 11.5 Å². The number of anilines is 1. The van der Waals surface area contributed by atoms with Crippen LogP contribution in [-0.4, -0.2) is 30.8 Å². The van der Waals surface area contributed by atoms with E-state index in [9.17, 15) is 4.79 Å². The number of nitrogens with zero attached hydrogens (tertiary/aromatic N) is 2. The molecule has 1 fully saturated rings. The Morgan fingerprint density at radius 1 is 1.03 bits per heavy atom. The number of pyridine rings is 1. The molecule has 1 saturated heterocycles. The minimum atomic E-state index is -0.173. The molecule has 0 unspecified atom stereocenters. The van der Waals surface area contributed by atoms with Gasteiger partial charge in [-0.3, -0.25) is 4.79 Å². The first kappa shape index (κ1) is 18.7. The Kier molecular flexibility index (Phi) is 4.91. The van der Waals surface area contributed by atoms with Gasteiger partial charge in [-0.15, -0.1) is 0 Å². The molecule has 2 aromatic carbocycles. The SMILES string of the molecule is Cc1ccc2nc(C(=O)NCc3ccc4c(c3)OCO4)cc(N3CCCCC3)c2c1. The lowest BCUT2D eigenvalue weighted by atomic mass is 10.1. The summed E-state index contributed by atoms with van der Waals surface area (Å²) in [6, 6.07) is 13.9. The second kappa shape index (κ2) is 7.86. The van der Waals surface area contributed by atoms with Crippen LogP contribution in [0.15, 0.2) is 42.5 Å². The summed E-state index contributed by atoms with van der Waals surface area (Å²) in [6.45, 7) is 4.77. The van der Waals surface area contributed by atoms with Gasteiger partial charge in [0.2, 0.25) is 6.79 Å². The van der Waals surface area contributed by atoms with Gasteiger partial charge in [0.05, 0.1) is 5.52 Å². The third-order valence-electron chi connectivity index (χ3n) is 5.76. The predicted molar refractivity (Wildman–Crippen MR) is 116 cm³/mol. The molecule has 2 aliphatic heterocycles. The van der Waals surface area contributed by atoms with E-state index in [-0.39, 0.29) is 12.7 Å². The first-order valence-corrected chi connectivity index (χ1v) is 10.5. The molecule has 1 N–H and O–H groups in total. The summed E-state index contributed by atoms with van der Waals surface area (Å²) in [5.41, 5.74) is 4.57. The van der Waals surface area contributed by atoms with Crippen molar-refractivity contribution in [2.45, 2.75) is 32.7 Å². The van der Waals surface area contributed by atoms with E-state index < -0.39 is 0 Å². The number of piperidine rings is 1. The van der Waals surface area contributed by atoms with E-state index in [2.05, 4.69) is 28.2 Å². The smallest absolute Gasteiger partial charge is 0.270 e. The number of hydrogen-bond donors (Lipinski definition) is 1. The van der Waals surface area contributed by atoms with Crippen molar-refractivity contribution in [1.29, 1.82) is 0 Å². The molecular weight excluding hydrogens is 378 g/mol. The number of carbonyl (C=O) groups excluding carboxylic acids is 1. The number of rotatable bonds is 4. The molecule has 30 heavy (non-hydrogen) atoms. The molecule has 1 aromatic heterocycles. The topological polar surface area (TPSA) is 63.7 Å². The molecule has 3 heterocycles. The summed E-state index contributed by atoms with van der Waals surface area (Å²) < 4.78 is 10.8. The summed E-state index contributed by atoms with van der Waals surface area (Å²) in [7, 11) is 0. The molecule has 0 spiro atoms. The van der Waals surface area contributed by atoms with E-state index in [1.165, 1.54) is 24.8 Å². The minimum absolute atomic E-state index is 0.173. The highest BCUT2D eigenvalue weighted by Gasteiger charge is 2.19. The lowest BCUT2D eigenvalue weighted by Crippen LogP contribution is -2.30. The summed E-state index contributed by atoms with van der Waals surface area (Å²) in [5.74, 6) is 1.28. The Hall–Kier alpha value is -3.28. The number of amides is 1. The van der Waals surface area contributed by atoms with Crippen LogP contribution in [0.4, 0.5) is 5.69 Å². The van der Waals surface area contributed by atoms with Gasteiger partial charge in [0.25, 0.3) is 5.91 Å². The predicted octanol–water partition coefficient (Wildman–Crippen LogP) is 4.19. The molecule has 1 amide bonds. The number of hydrogen-bond acceptors (Lipinski definition) is 5. The molecule has 3 aromatic rings. The van der Waals surface area contributed by atoms with Gasteiger partial charge in [0.15, 0.2) is 11.5 Å². The largest absolute Gasteiger partial charge is 0.454 e. The van der Waals surface area contributed by atoms with Gasteiger partial charge >= 0.3 is 0 Å². The number of aromatic nitrogens is 1. The van der Waals surface area contributed by atoms with Gasteiger partial charge < -0.3 is 19.7 Å². The Morgan fingerprint density at radius 3 is 2.73 bits per heavy atom. The highest BCUT2D eigenvalue weighted by atomic mass is 16.7. The van der Waals surface area contributed by atoms with Crippen molar-refractivity contribution in [2.24, 2.45) is 0 Å². The van der Waals surface area contributed by atoms with Gasteiger partial charge in [0, 0.05) is 30.7 Å². The van der Waals surface area contributed by atoms with Crippen molar-refractivity contribution < 1.29 is 14.3 Å². The molecule has 0 aliphatic carbocycles. The third-order valence-corrected chi connectivity index (χ3v) is 5.76. The molecule has 0 saturated carbocycles. The Morgan fingerprint density at radius 2 is 1.87 bits per heavy atom. The lowest BCUT2D eigenvalue weighted by molar-refractivity contribution is 0.0946. The average molecular weight is 403 g/mol. The van der Waals surface area contributed by atoms with Crippen LogP contribution in [-0.2, 0) is 6.54 Å². The van der Waals surface area contributed by atoms with Gasteiger partial charge in [-0.2, -0.15) is 0 Å². The van der Waals surface area contributed by atoms with Crippen molar-refractivity contribution in [3.63, 3.8) is 0 Å². The van der Waals surface area contributed by atoms with Crippen molar-refractivity contribution >= 4 is 22.5 Å². The van der Waals surface area contributed by atoms with E-state index in [0.717, 1.165) is 41.0 Å². The third kappa shape index (κ3) is 3.65. The maximum Gasteiger partial charge on any atom is 0.270 e. The van der Waals surface area contributed by atoms with E-state index in [4.69, 9.17) is 9.47 Å². The van der Waals surface area contributed by atoms with E-state index in [1.807, 2.05) is 36.4 Å². The first-order chi connectivity index (χ1) is 14.7. The quantitative estimate of drug-likeness (QED) is 0.708. The van der Waals surface area contributed by atoms with Crippen molar-refractivity contribution in [3.05, 3.63) is 59.3 Å². The van der Waals surface area contributed by atoms with Crippen molar-refractivity contribution in [3.8, 4) is 11.5 Å². The molecule has 154 valence electrons. The second-order valence-corrected chi connectivity index (χ2v) is 7.97. The van der Waals surface area contributed by atoms with E-state index >= 15 is 0 Å². The van der Waals surface area contributed by atoms with Crippen LogP contribution < -0.4 is 19.7 Å². The van der Waals surface area contributed by atoms with Crippen LogP contribution in [0.3, 0.4) is 0 Å². The van der Waals surface area contributed by atoms with Crippen LogP contribution in [0.2, 0.25) is 0 Å². The van der Waals surface area contributed by atoms with Crippen LogP contribution >= 0.6 is 0 Å². The second-order valence-electron chi connectivity index (χ2n) is 7.97. The standard InChI is InChI=1S/C24H25N3O3/c1-16-5-7-19-18(11-16)21(27-9-3-2-4-10-27)13-20(26-19)24(28)25-14-17-6-8-22-23(12-17)30-15-29-22/h5-8,11-13H,2-4,9-10,14-15H2,1H3,(H,25,28). The van der Waals surface area contributed by atoms with Crippen molar-refractivity contribution in [1.82, 2.24) is 10.3 Å².